The van der Waals surface area contributed by atoms with Crippen LogP contribution >= 0.6 is 0 Å². The molecule has 0 aliphatic carbocycles. The van der Waals surface area contributed by atoms with E-state index in [1.165, 1.54) is 0 Å². The van der Waals surface area contributed by atoms with Crippen molar-refractivity contribution in [1.29, 1.82) is 0 Å². The van der Waals surface area contributed by atoms with E-state index in [1.807, 2.05) is 40.0 Å². The van der Waals surface area contributed by atoms with Gasteiger partial charge in [-0.2, -0.15) is 0 Å². The molecule has 0 saturated carbocycles. The van der Waals surface area contributed by atoms with Gasteiger partial charge in [0.25, 0.3) is 0 Å². The number of aryl methyl sites for hydroxylation is 1. The molecule has 1 amide bonds. The minimum absolute atomic E-state index is 0.363. The van der Waals surface area contributed by atoms with Gasteiger partial charge in [-0.1, -0.05) is 25.1 Å². The van der Waals surface area contributed by atoms with Crippen LogP contribution in [0.2, 0.25) is 0 Å². The number of hydrogen-bond acceptors (Lipinski definition) is 3. The van der Waals surface area contributed by atoms with Crippen LogP contribution in [0, 0.1) is 0 Å². The summed E-state index contributed by atoms with van der Waals surface area (Å²) in [5.41, 5.74) is 7.46. The van der Waals surface area contributed by atoms with Crippen LogP contribution in [0.5, 0.6) is 0 Å². The molecule has 23 heavy (non-hydrogen) atoms. The Morgan fingerprint density at radius 1 is 1.26 bits per heavy atom. The van der Waals surface area contributed by atoms with Crippen molar-refractivity contribution in [3.63, 3.8) is 0 Å². The Balaban J connectivity index is 2.24. The second-order valence-corrected chi connectivity index (χ2v) is 7.29. The van der Waals surface area contributed by atoms with E-state index >= 15 is 0 Å². The van der Waals surface area contributed by atoms with Gasteiger partial charge in [0, 0.05) is 42.7 Å². The molecule has 2 rings (SSSR count). The van der Waals surface area contributed by atoms with Crippen molar-refractivity contribution in [2.24, 2.45) is 12.8 Å². The predicted octanol–water partition coefficient (Wildman–Crippen LogP) is 2.92. The van der Waals surface area contributed by atoms with Crippen molar-refractivity contribution >= 4 is 17.0 Å². The van der Waals surface area contributed by atoms with Gasteiger partial charge in [0.2, 0.25) is 0 Å². The number of carbonyl (C=O) groups is 1. The van der Waals surface area contributed by atoms with E-state index in [-0.39, 0.29) is 5.41 Å². The molecule has 0 bridgehead atoms. The molecule has 0 fully saturated rings. The number of nitrogens with one attached hydrogen (secondary N) is 1. The lowest BCUT2D eigenvalue weighted by molar-refractivity contribution is 0.0516. The van der Waals surface area contributed by atoms with E-state index in [0.717, 1.165) is 16.5 Å². The fourth-order valence-corrected chi connectivity index (χ4v) is 2.68. The topological polar surface area (TPSA) is 69.3 Å². The third kappa shape index (κ3) is 3.85. The first-order valence-corrected chi connectivity index (χ1v) is 7.88. The minimum atomic E-state index is -0.511. The van der Waals surface area contributed by atoms with Crippen molar-refractivity contribution in [3.05, 3.63) is 36.0 Å². The smallest absolute Gasteiger partial charge is 0.407 e. The number of amides is 1. The second kappa shape index (κ2) is 6.24. The van der Waals surface area contributed by atoms with Gasteiger partial charge >= 0.3 is 6.09 Å². The minimum Gasteiger partial charge on any atom is -0.444 e. The monoisotopic (exact) mass is 317 g/mol. The maximum absolute atomic E-state index is 11.9. The van der Waals surface area contributed by atoms with Crippen molar-refractivity contribution in [2.75, 3.05) is 13.1 Å². The van der Waals surface area contributed by atoms with E-state index < -0.39 is 11.7 Å². The van der Waals surface area contributed by atoms with Gasteiger partial charge < -0.3 is 20.4 Å². The summed E-state index contributed by atoms with van der Waals surface area (Å²) in [6.07, 6.45) is 1.67. The summed E-state index contributed by atoms with van der Waals surface area (Å²) in [5, 5.41) is 4.01. The molecule has 0 saturated heterocycles. The first-order chi connectivity index (χ1) is 10.7. The zero-order valence-electron chi connectivity index (χ0n) is 14.6. The van der Waals surface area contributed by atoms with Gasteiger partial charge in [-0.15, -0.1) is 0 Å². The molecule has 0 aliphatic heterocycles. The molecule has 1 aromatic carbocycles. The highest BCUT2D eigenvalue weighted by atomic mass is 16.6. The highest BCUT2D eigenvalue weighted by Gasteiger charge is 2.30. The summed E-state index contributed by atoms with van der Waals surface area (Å²) in [6.45, 7) is 8.45. The number of alkyl carbamates (subject to hydrolysis) is 1. The molecule has 1 heterocycles. The van der Waals surface area contributed by atoms with Gasteiger partial charge in [-0.3, -0.25) is 0 Å². The number of ether oxygens (including phenoxy) is 1. The number of aromatic nitrogens is 1. The molecular formula is C18H27N3O2. The lowest BCUT2D eigenvalue weighted by Crippen LogP contribution is -2.45. The standard InChI is InChI=1S/C18H27N3O2/c1-17(2,3)23-16(22)20-12-18(4,11-19)14-10-21(5)15-9-7-6-8-13(14)15/h6-10H,11-12,19H2,1-5H3,(H,20,22). The number of benzene rings is 1. The molecule has 0 spiro atoms. The van der Waals surface area contributed by atoms with Crippen molar-refractivity contribution in [2.45, 2.75) is 38.7 Å². The quantitative estimate of drug-likeness (QED) is 0.911. The van der Waals surface area contributed by atoms with Crippen molar-refractivity contribution in [1.82, 2.24) is 9.88 Å². The fraction of sp³-hybridized carbons (Fsp3) is 0.500. The van der Waals surface area contributed by atoms with Crippen LogP contribution in [-0.2, 0) is 17.2 Å². The summed E-state index contributed by atoms with van der Waals surface area (Å²) in [4.78, 5) is 11.9. The Morgan fingerprint density at radius 2 is 1.91 bits per heavy atom. The zero-order valence-corrected chi connectivity index (χ0v) is 14.6. The largest absolute Gasteiger partial charge is 0.444 e. The zero-order chi connectivity index (χ0) is 17.3. The average Bonchev–Trinajstić information content (AvgIpc) is 2.81. The second-order valence-electron chi connectivity index (χ2n) is 7.29. The van der Waals surface area contributed by atoms with Crippen LogP contribution in [0.1, 0.15) is 33.3 Å². The number of hydrogen-bond donors (Lipinski definition) is 2. The Labute approximate surface area is 137 Å². The van der Waals surface area contributed by atoms with Gasteiger partial charge in [0.1, 0.15) is 5.60 Å². The SMILES string of the molecule is Cn1cc(C(C)(CN)CNC(=O)OC(C)(C)C)c2ccccc21. The maximum Gasteiger partial charge on any atom is 0.407 e. The number of rotatable bonds is 4. The van der Waals surface area contributed by atoms with E-state index in [1.54, 1.807) is 0 Å². The molecule has 5 heteroatoms. The lowest BCUT2D eigenvalue weighted by Gasteiger charge is -2.29. The van der Waals surface area contributed by atoms with E-state index in [0.29, 0.717) is 13.1 Å². The molecule has 5 nitrogen and oxygen atoms in total. The van der Waals surface area contributed by atoms with Crippen LogP contribution in [-0.4, -0.2) is 29.4 Å². The summed E-state index contributed by atoms with van der Waals surface area (Å²) in [5.74, 6) is 0. The van der Waals surface area contributed by atoms with Crippen LogP contribution in [0.3, 0.4) is 0 Å². The van der Waals surface area contributed by atoms with Gasteiger partial charge in [-0.05, 0) is 32.4 Å². The fourth-order valence-electron chi connectivity index (χ4n) is 2.68. The summed E-state index contributed by atoms with van der Waals surface area (Å²) in [7, 11) is 2.02. The number of carbonyl (C=O) groups excluding carboxylic acids is 1. The summed E-state index contributed by atoms with van der Waals surface area (Å²) in [6, 6.07) is 8.21. The third-order valence-corrected chi connectivity index (χ3v) is 4.02. The van der Waals surface area contributed by atoms with E-state index in [9.17, 15) is 4.79 Å². The molecule has 1 aromatic heterocycles. The molecule has 3 N–H and O–H groups in total. The van der Waals surface area contributed by atoms with Crippen LogP contribution in [0.15, 0.2) is 30.5 Å². The summed E-state index contributed by atoms with van der Waals surface area (Å²) >= 11 is 0. The molecular weight excluding hydrogens is 290 g/mol. The van der Waals surface area contributed by atoms with E-state index in [4.69, 9.17) is 10.5 Å². The Morgan fingerprint density at radius 3 is 2.52 bits per heavy atom. The van der Waals surface area contributed by atoms with Gasteiger partial charge in [-0.25, -0.2) is 4.79 Å². The molecule has 0 aliphatic rings. The Bertz CT molecular complexity index is 700. The number of nitrogens with two attached hydrogens (primary N) is 1. The first-order valence-electron chi connectivity index (χ1n) is 7.88. The van der Waals surface area contributed by atoms with Crippen molar-refractivity contribution in [3.8, 4) is 0 Å². The normalized spacial score (nSPS) is 14.5. The highest BCUT2D eigenvalue weighted by Crippen LogP contribution is 2.31. The van der Waals surface area contributed by atoms with Gasteiger partial charge in [0.15, 0.2) is 0 Å². The molecule has 2 aromatic rings. The molecule has 126 valence electrons. The maximum atomic E-state index is 11.9. The van der Waals surface area contributed by atoms with E-state index in [2.05, 4.69) is 35.1 Å². The summed E-state index contributed by atoms with van der Waals surface area (Å²) < 4.78 is 7.40. The van der Waals surface area contributed by atoms with Crippen molar-refractivity contribution < 1.29 is 9.53 Å². The molecule has 0 radical (unpaired) electrons. The lowest BCUT2D eigenvalue weighted by atomic mass is 9.82. The molecule has 1 atom stereocenters. The number of nitrogens with zero attached hydrogens (tertiary/aromatic N) is 1. The van der Waals surface area contributed by atoms with Crippen LogP contribution in [0.4, 0.5) is 4.79 Å². The number of fused-ring (bicyclic) bond motifs is 1. The van der Waals surface area contributed by atoms with Crippen LogP contribution in [0.25, 0.3) is 10.9 Å². The average molecular weight is 317 g/mol. The third-order valence-electron chi connectivity index (χ3n) is 4.02. The van der Waals surface area contributed by atoms with Gasteiger partial charge in [0.05, 0.1) is 0 Å². The van der Waals surface area contributed by atoms with Crippen LogP contribution < -0.4 is 11.1 Å². The number of para-hydroxylation sites is 1. The Hall–Kier alpha value is -2.01. The Kier molecular flexibility index (Phi) is 4.71. The molecule has 1 unspecified atom stereocenters. The highest BCUT2D eigenvalue weighted by molar-refractivity contribution is 5.85. The first kappa shape index (κ1) is 17.3. The predicted molar refractivity (Wildman–Crippen MR) is 93.6 cm³/mol.